The van der Waals surface area contributed by atoms with Crippen molar-refractivity contribution in [2.75, 3.05) is 26.7 Å². The van der Waals surface area contributed by atoms with Crippen LogP contribution in [0.3, 0.4) is 0 Å². The minimum Gasteiger partial charge on any atom is -0.465 e. The number of benzene rings is 2. The molecule has 0 unspecified atom stereocenters. The van der Waals surface area contributed by atoms with Gasteiger partial charge in [-0.15, -0.1) is 0 Å². The van der Waals surface area contributed by atoms with Gasteiger partial charge in [-0.2, -0.15) is 0 Å². The average Bonchev–Trinajstić information content (AvgIpc) is 3.35. The number of methoxy groups -OCH3 is 1. The third-order valence-electron chi connectivity index (χ3n) is 7.49. The van der Waals surface area contributed by atoms with Crippen LogP contribution in [0.25, 0.3) is 10.9 Å². The molecule has 5 rings (SSSR count). The number of rotatable bonds is 8. The first-order valence-corrected chi connectivity index (χ1v) is 12.9. The Labute approximate surface area is 206 Å². The topological polar surface area (TPSA) is 63.6 Å². The third kappa shape index (κ3) is 5.34. The summed E-state index contributed by atoms with van der Waals surface area (Å²) >= 11 is 0. The Morgan fingerprint density at radius 1 is 0.914 bits per heavy atom. The van der Waals surface area contributed by atoms with Crippen LogP contribution in [0.15, 0.2) is 47.3 Å². The molecule has 3 aromatic rings. The molecule has 6 heteroatoms. The molecule has 0 bridgehead atoms. The van der Waals surface area contributed by atoms with E-state index in [9.17, 15) is 9.59 Å². The molecule has 6 nitrogen and oxygen atoms in total. The number of carbonyl (C=O) groups is 1. The van der Waals surface area contributed by atoms with Gasteiger partial charge in [-0.3, -0.25) is 4.79 Å². The van der Waals surface area contributed by atoms with Gasteiger partial charge < -0.3 is 19.5 Å². The predicted molar refractivity (Wildman–Crippen MR) is 139 cm³/mol. The maximum absolute atomic E-state index is 13.6. The summed E-state index contributed by atoms with van der Waals surface area (Å²) in [6.07, 6.45) is 7.28. The van der Waals surface area contributed by atoms with Gasteiger partial charge in [0.25, 0.3) is 5.56 Å². The van der Waals surface area contributed by atoms with Crippen LogP contribution in [-0.4, -0.2) is 42.2 Å². The van der Waals surface area contributed by atoms with Gasteiger partial charge in [0.15, 0.2) is 0 Å². The summed E-state index contributed by atoms with van der Waals surface area (Å²) < 4.78 is 6.78. The van der Waals surface area contributed by atoms with E-state index in [2.05, 4.69) is 28.4 Å². The van der Waals surface area contributed by atoms with Crippen LogP contribution in [0.5, 0.6) is 0 Å². The number of nitrogens with zero attached hydrogens (tertiary/aromatic N) is 2. The molecule has 2 heterocycles. The van der Waals surface area contributed by atoms with E-state index in [1.165, 1.54) is 49.3 Å². The van der Waals surface area contributed by atoms with E-state index in [0.717, 1.165) is 55.7 Å². The van der Waals surface area contributed by atoms with E-state index in [4.69, 9.17) is 4.74 Å². The van der Waals surface area contributed by atoms with Gasteiger partial charge in [0.05, 0.1) is 18.2 Å². The number of pyridine rings is 1. The number of hydrogen-bond acceptors (Lipinski definition) is 5. The van der Waals surface area contributed by atoms with Crippen molar-refractivity contribution >= 4 is 16.9 Å². The number of fused-ring (bicyclic) bond motifs is 2. The summed E-state index contributed by atoms with van der Waals surface area (Å²) in [5.41, 5.74) is 6.43. The lowest BCUT2D eigenvalue weighted by Gasteiger charge is -2.27. The van der Waals surface area contributed by atoms with Gasteiger partial charge in [0.1, 0.15) is 0 Å². The number of esters is 1. The fraction of sp³-hybridized carbons (Fsp3) is 0.448. The Morgan fingerprint density at radius 3 is 2.40 bits per heavy atom. The van der Waals surface area contributed by atoms with Gasteiger partial charge in [0, 0.05) is 31.7 Å². The summed E-state index contributed by atoms with van der Waals surface area (Å²) in [5.74, 6) is -0.336. The molecular weight excluding hydrogens is 438 g/mol. The lowest BCUT2D eigenvalue weighted by Crippen LogP contribution is -2.36. The zero-order valence-electron chi connectivity index (χ0n) is 20.6. The van der Waals surface area contributed by atoms with Crippen LogP contribution in [0.2, 0.25) is 0 Å². The molecule has 1 fully saturated rings. The van der Waals surface area contributed by atoms with Crippen LogP contribution in [-0.2, 0) is 37.2 Å². The van der Waals surface area contributed by atoms with Crippen molar-refractivity contribution in [3.8, 4) is 0 Å². The molecule has 2 aromatic carbocycles. The lowest BCUT2D eigenvalue weighted by molar-refractivity contribution is 0.0600. The summed E-state index contributed by atoms with van der Waals surface area (Å²) in [4.78, 5) is 27.7. The smallest absolute Gasteiger partial charge is 0.337 e. The minimum atomic E-state index is -0.336. The molecule has 35 heavy (non-hydrogen) atoms. The molecule has 1 aromatic heterocycles. The highest BCUT2D eigenvalue weighted by atomic mass is 16.5. The van der Waals surface area contributed by atoms with E-state index in [0.29, 0.717) is 18.7 Å². The SMILES string of the molecule is COC(=O)c1ccc(CNCc2cc3cc4c(cc3n(CCN3CCCCC3)c2=O)CCC4)cc1. The highest BCUT2D eigenvalue weighted by molar-refractivity contribution is 5.89. The van der Waals surface area contributed by atoms with Crippen molar-refractivity contribution in [3.63, 3.8) is 0 Å². The third-order valence-corrected chi connectivity index (χ3v) is 7.49. The number of piperidine rings is 1. The second kappa shape index (κ2) is 10.8. The molecule has 1 saturated heterocycles. The van der Waals surface area contributed by atoms with E-state index in [1.807, 2.05) is 16.7 Å². The van der Waals surface area contributed by atoms with Gasteiger partial charge >= 0.3 is 5.97 Å². The minimum absolute atomic E-state index is 0.112. The molecule has 1 N–H and O–H groups in total. The number of likely N-dealkylation sites (tertiary alicyclic amines) is 1. The maximum atomic E-state index is 13.6. The Bertz CT molecular complexity index is 1260. The number of aromatic nitrogens is 1. The molecule has 1 aliphatic heterocycles. The maximum Gasteiger partial charge on any atom is 0.337 e. The van der Waals surface area contributed by atoms with Gasteiger partial charge in [0.2, 0.25) is 0 Å². The van der Waals surface area contributed by atoms with Crippen molar-refractivity contribution in [3.05, 3.63) is 80.6 Å². The summed E-state index contributed by atoms with van der Waals surface area (Å²) in [7, 11) is 1.38. The number of aryl methyl sites for hydroxylation is 2. The normalized spacial score (nSPS) is 15.9. The van der Waals surface area contributed by atoms with E-state index < -0.39 is 0 Å². The fourth-order valence-corrected chi connectivity index (χ4v) is 5.50. The Hall–Kier alpha value is -2.96. The van der Waals surface area contributed by atoms with E-state index in [-0.39, 0.29) is 11.5 Å². The van der Waals surface area contributed by atoms with Crippen molar-refractivity contribution < 1.29 is 9.53 Å². The molecule has 1 aliphatic carbocycles. The first-order valence-electron chi connectivity index (χ1n) is 12.9. The molecule has 0 spiro atoms. The zero-order valence-corrected chi connectivity index (χ0v) is 20.6. The Morgan fingerprint density at radius 2 is 1.66 bits per heavy atom. The molecule has 0 radical (unpaired) electrons. The molecule has 0 amide bonds. The van der Waals surface area contributed by atoms with Crippen molar-refractivity contribution in [2.45, 2.75) is 58.2 Å². The van der Waals surface area contributed by atoms with E-state index in [1.54, 1.807) is 12.1 Å². The van der Waals surface area contributed by atoms with Crippen LogP contribution >= 0.6 is 0 Å². The summed E-state index contributed by atoms with van der Waals surface area (Å²) in [6.45, 7) is 5.06. The van der Waals surface area contributed by atoms with Gasteiger partial charge in [-0.05, 0) is 97.6 Å². The Balaban J connectivity index is 1.36. The monoisotopic (exact) mass is 473 g/mol. The van der Waals surface area contributed by atoms with Crippen molar-refractivity contribution in [1.82, 2.24) is 14.8 Å². The van der Waals surface area contributed by atoms with Gasteiger partial charge in [-0.25, -0.2) is 4.79 Å². The van der Waals surface area contributed by atoms with Crippen LogP contribution in [0.1, 0.15) is 58.3 Å². The second-order valence-electron chi connectivity index (χ2n) is 9.85. The highest BCUT2D eigenvalue weighted by Crippen LogP contribution is 2.27. The second-order valence-corrected chi connectivity index (χ2v) is 9.85. The van der Waals surface area contributed by atoms with Crippen molar-refractivity contribution in [1.29, 1.82) is 0 Å². The average molecular weight is 474 g/mol. The van der Waals surface area contributed by atoms with Crippen LogP contribution < -0.4 is 10.9 Å². The van der Waals surface area contributed by atoms with Crippen LogP contribution in [0.4, 0.5) is 0 Å². The number of hydrogen-bond donors (Lipinski definition) is 1. The molecule has 0 saturated carbocycles. The first-order chi connectivity index (χ1) is 17.1. The molecule has 0 atom stereocenters. The van der Waals surface area contributed by atoms with Crippen molar-refractivity contribution in [2.24, 2.45) is 0 Å². The van der Waals surface area contributed by atoms with Gasteiger partial charge in [-0.1, -0.05) is 18.6 Å². The molecule has 2 aliphatic rings. The Kier molecular flexibility index (Phi) is 7.30. The first kappa shape index (κ1) is 23.8. The van der Waals surface area contributed by atoms with E-state index >= 15 is 0 Å². The molecule has 184 valence electrons. The zero-order chi connectivity index (χ0) is 24.2. The number of ether oxygens (including phenoxy) is 1. The summed E-state index contributed by atoms with van der Waals surface area (Å²) in [5, 5.41) is 4.60. The highest BCUT2D eigenvalue weighted by Gasteiger charge is 2.17. The fourth-order valence-electron chi connectivity index (χ4n) is 5.50. The number of nitrogens with one attached hydrogen (secondary N) is 1. The standard InChI is InChI=1S/C29H35N3O3/c1-35-29(34)22-10-8-21(9-11-22)19-30-20-26-17-25-16-23-6-5-7-24(23)18-27(25)32(28(26)33)15-14-31-12-3-2-4-13-31/h8-11,16-18,30H,2-7,12-15,19-20H2,1H3. The number of carbonyl (C=O) groups excluding carboxylic acids is 1. The summed E-state index contributed by atoms with van der Waals surface area (Å²) in [6, 6.07) is 14.0. The largest absolute Gasteiger partial charge is 0.465 e. The van der Waals surface area contributed by atoms with Crippen LogP contribution in [0, 0.1) is 0 Å². The predicted octanol–water partition coefficient (Wildman–Crippen LogP) is 4.05. The molecular formula is C29H35N3O3. The lowest BCUT2D eigenvalue weighted by atomic mass is 10.0. The quantitative estimate of drug-likeness (QED) is 0.500.